The number of methoxy groups -OCH3 is 1. The summed E-state index contributed by atoms with van der Waals surface area (Å²) in [5, 5.41) is 3.29. The first kappa shape index (κ1) is 11.1. The number of thiazole rings is 1. The standard InChI is InChI=1S/C12H14N2OS/c1-13-12(11-7-14-8-16-11)9-4-3-5-10(6-9)15-2/h3-8,12-13H,1-2H3. The van der Waals surface area contributed by atoms with Crippen LogP contribution < -0.4 is 10.1 Å². The number of nitrogens with zero attached hydrogens (tertiary/aromatic N) is 1. The van der Waals surface area contributed by atoms with Crippen molar-refractivity contribution in [2.75, 3.05) is 14.2 Å². The van der Waals surface area contributed by atoms with Gasteiger partial charge in [0.1, 0.15) is 5.75 Å². The van der Waals surface area contributed by atoms with Crippen LogP contribution in [0.25, 0.3) is 0 Å². The Bertz CT molecular complexity index is 442. The predicted octanol–water partition coefficient (Wildman–Crippen LogP) is 2.46. The van der Waals surface area contributed by atoms with Gasteiger partial charge in [0, 0.05) is 11.1 Å². The highest BCUT2D eigenvalue weighted by molar-refractivity contribution is 7.09. The van der Waals surface area contributed by atoms with Gasteiger partial charge in [-0.2, -0.15) is 0 Å². The number of hydrogen-bond acceptors (Lipinski definition) is 4. The Balaban J connectivity index is 2.33. The molecular formula is C12H14N2OS. The van der Waals surface area contributed by atoms with E-state index in [1.54, 1.807) is 18.4 Å². The minimum Gasteiger partial charge on any atom is -0.497 e. The maximum atomic E-state index is 5.23. The molecule has 1 heterocycles. The van der Waals surface area contributed by atoms with Crippen molar-refractivity contribution in [3.05, 3.63) is 46.4 Å². The summed E-state index contributed by atoms with van der Waals surface area (Å²) in [5.74, 6) is 0.877. The summed E-state index contributed by atoms with van der Waals surface area (Å²) in [4.78, 5) is 5.31. The number of aromatic nitrogens is 1. The van der Waals surface area contributed by atoms with Crippen LogP contribution in [0.2, 0.25) is 0 Å². The molecule has 0 saturated carbocycles. The molecule has 1 unspecified atom stereocenters. The van der Waals surface area contributed by atoms with Crippen LogP contribution in [0.1, 0.15) is 16.5 Å². The molecule has 0 saturated heterocycles. The van der Waals surface area contributed by atoms with Crippen molar-refractivity contribution in [2.24, 2.45) is 0 Å². The van der Waals surface area contributed by atoms with Crippen molar-refractivity contribution in [2.45, 2.75) is 6.04 Å². The predicted molar refractivity (Wildman–Crippen MR) is 66.0 cm³/mol. The van der Waals surface area contributed by atoms with Crippen LogP contribution in [0, 0.1) is 0 Å². The summed E-state index contributed by atoms with van der Waals surface area (Å²) in [7, 11) is 3.63. The Kier molecular flexibility index (Phi) is 3.54. The van der Waals surface area contributed by atoms with E-state index < -0.39 is 0 Å². The molecule has 1 N–H and O–H groups in total. The van der Waals surface area contributed by atoms with Crippen molar-refractivity contribution in [1.29, 1.82) is 0 Å². The minimum absolute atomic E-state index is 0.183. The summed E-state index contributed by atoms with van der Waals surface area (Å²) >= 11 is 1.65. The lowest BCUT2D eigenvalue weighted by Gasteiger charge is -2.15. The largest absolute Gasteiger partial charge is 0.497 e. The fraction of sp³-hybridized carbons (Fsp3) is 0.250. The highest BCUT2D eigenvalue weighted by Crippen LogP contribution is 2.26. The van der Waals surface area contributed by atoms with Gasteiger partial charge in [-0.1, -0.05) is 12.1 Å². The average molecular weight is 234 g/mol. The fourth-order valence-electron chi connectivity index (χ4n) is 1.66. The van der Waals surface area contributed by atoms with Crippen molar-refractivity contribution >= 4 is 11.3 Å². The summed E-state index contributed by atoms with van der Waals surface area (Å²) < 4.78 is 5.23. The molecule has 0 fully saturated rings. The Labute approximate surface area is 99.1 Å². The van der Waals surface area contributed by atoms with E-state index in [4.69, 9.17) is 4.74 Å². The van der Waals surface area contributed by atoms with Crippen LogP contribution >= 0.6 is 11.3 Å². The molecule has 1 aromatic heterocycles. The highest BCUT2D eigenvalue weighted by atomic mass is 32.1. The Morgan fingerprint density at radius 2 is 2.31 bits per heavy atom. The fourth-order valence-corrected chi connectivity index (χ4v) is 2.42. The van der Waals surface area contributed by atoms with E-state index in [0.29, 0.717) is 0 Å². The summed E-state index contributed by atoms with van der Waals surface area (Å²) in [6, 6.07) is 8.26. The smallest absolute Gasteiger partial charge is 0.119 e. The molecule has 0 aliphatic carbocycles. The Hall–Kier alpha value is -1.39. The van der Waals surface area contributed by atoms with E-state index in [1.165, 1.54) is 10.4 Å². The van der Waals surface area contributed by atoms with E-state index in [2.05, 4.69) is 16.4 Å². The van der Waals surface area contributed by atoms with Gasteiger partial charge in [0.15, 0.2) is 0 Å². The van der Waals surface area contributed by atoms with Gasteiger partial charge in [0.05, 0.1) is 18.7 Å². The summed E-state index contributed by atoms with van der Waals surface area (Å²) in [5.41, 5.74) is 3.03. The van der Waals surface area contributed by atoms with Crippen LogP contribution in [0.3, 0.4) is 0 Å². The maximum Gasteiger partial charge on any atom is 0.119 e. The SMILES string of the molecule is CNC(c1cccc(OC)c1)c1cncs1. The van der Waals surface area contributed by atoms with Gasteiger partial charge in [-0.05, 0) is 24.7 Å². The van der Waals surface area contributed by atoms with Gasteiger partial charge >= 0.3 is 0 Å². The van der Waals surface area contributed by atoms with E-state index >= 15 is 0 Å². The first-order chi connectivity index (χ1) is 7.85. The van der Waals surface area contributed by atoms with E-state index in [-0.39, 0.29) is 6.04 Å². The zero-order valence-electron chi connectivity index (χ0n) is 9.31. The Morgan fingerprint density at radius 1 is 1.44 bits per heavy atom. The third-order valence-corrected chi connectivity index (χ3v) is 3.29. The summed E-state index contributed by atoms with van der Waals surface area (Å²) in [6.07, 6.45) is 1.89. The second kappa shape index (κ2) is 5.09. The number of benzene rings is 1. The molecule has 0 aliphatic heterocycles. The quantitative estimate of drug-likeness (QED) is 0.882. The zero-order chi connectivity index (χ0) is 11.4. The highest BCUT2D eigenvalue weighted by Gasteiger charge is 2.13. The number of hydrogen-bond donors (Lipinski definition) is 1. The van der Waals surface area contributed by atoms with E-state index in [0.717, 1.165) is 5.75 Å². The van der Waals surface area contributed by atoms with E-state index in [9.17, 15) is 0 Å². The van der Waals surface area contributed by atoms with Crippen molar-refractivity contribution in [3.63, 3.8) is 0 Å². The molecule has 0 spiro atoms. The minimum atomic E-state index is 0.183. The molecular weight excluding hydrogens is 220 g/mol. The van der Waals surface area contributed by atoms with Crippen LogP contribution in [0.15, 0.2) is 36.0 Å². The third-order valence-electron chi connectivity index (χ3n) is 2.45. The second-order valence-electron chi connectivity index (χ2n) is 3.40. The van der Waals surface area contributed by atoms with Crippen LogP contribution in [-0.2, 0) is 0 Å². The molecule has 16 heavy (non-hydrogen) atoms. The molecule has 1 atom stereocenters. The maximum absolute atomic E-state index is 5.23. The lowest BCUT2D eigenvalue weighted by molar-refractivity contribution is 0.414. The normalized spacial score (nSPS) is 12.4. The van der Waals surface area contributed by atoms with Crippen molar-refractivity contribution in [1.82, 2.24) is 10.3 Å². The first-order valence-corrected chi connectivity index (χ1v) is 5.92. The van der Waals surface area contributed by atoms with Gasteiger partial charge in [0.2, 0.25) is 0 Å². The van der Waals surface area contributed by atoms with Gasteiger partial charge < -0.3 is 10.1 Å². The third kappa shape index (κ3) is 2.23. The Morgan fingerprint density at radius 3 is 2.94 bits per heavy atom. The molecule has 4 heteroatoms. The molecule has 0 aliphatic rings. The summed E-state index contributed by atoms with van der Waals surface area (Å²) in [6.45, 7) is 0. The lowest BCUT2D eigenvalue weighted by atomic mass is 10.1. The van der Waals surface area contributed by atoms with Crippen LogP contribution in [-0.4, -0.2) is 19.1 Å². The van der Waals surface area contributed by atoms with Crippen molar-refractivity contribution in [3.8, 4) is 5.75 Å². The monoisotopic (exact) mass is 234 g/mol. The van der Waals surface area contributed by atoms with Crippen LogP contribution in [0.5, 0.6) is 5.75 Å². The molecule has 0 radical (unpaired) electrons. The average Bonchev–Trinajstić information content (AvgIpc) is 2.84. The van der Waals surface area contributed by atoms with Gasteiger partial charge in [-0.25, -0.2) is 0 Å². The topological polar surface area (TPSA) is 34.1 Å². The van der Waals surface area contributed by atoms with Gasteiger partial charge in [-0.15, -0.1) is 11.3 Å². The van der Waals surface area contributed by atoms with Gasteiger partial charge in [-0.3, -0.25) is 4.98 Å². The molecule has 84 valence electrons. The second-order valence-corrected chi connectivity index (χ2v) is 4.32. The molecule has 3 nitrogen and oxygen atoms in total. The van der Waals surface area contributed by atoms with Crippen LogP contribution in [0.4, 0.5) is 0 Å². The number of ether oxygens (including phenoxy) is 1. The number of nitrogens with one attached hydrogen (secondary N) is 1. The van der Waals surface area contributed by atoms with Gasteiger partial charge in [0.25, 0.3) is 0 Å². The molecule has 2 rings (SSSR count). The molecule has 0 amide bonds. The first-order valence-electron chi connectivity index (χ1n) is 5.04. The number of rotatable bonds is 4. The molecule has 0 bridgehead atoms. The lowest BCUT2D eigenvalue weighted by Crippen LogP contribution is -2.16. The van der Waals surface area contributed by atoms with E-state index in [1.807, 2.05) is 37.0 Å². The zero-order valence-corrected chi connectivity index (χ0v) is 10.1. The van der Waals surface area contributed by atoms with Crippen molar-refractivity contribution < 1.29 is 4.74 Å². The molecule has 2 aromatic rings. The molecule has 1 aromatic carbocycles.